The van der Waals surface area contributed by atoms with Crippen molar-refractivity contribution in [2.45, 2.75) is 6.54 Å². The highest BCUT2D eigenvalue weighted by Gasteiger charge is 2.13. The van der Waals surface area contributed by atoms with E-state index < -0.39 is 5.97 Å². The fraction of sp³-hybridized carbons (Fsp3) is 0.300. The summed E-state index contributed by atoms with van der Waals surface area (Å²) >= 11 is 0. The third-order valence-corrected chi connectivity index (χ3v) is 3.88. The zero-order valence-electron chi connectivity index (χ0n) is 16.2. The highest BCUT2D eigenvalue weighted by Crippen LogP contribution is 2.29. The summed E-state index contributed by atoms with van der Waals surface area (Å²) in [6.45, 7) is 0.0994. The average molecular weight is 389 g/mol. The van der Waals surface area contributed by atoms with Crippen molar-refractivity contribution in [2.24, 2.45) is 0 Å². The molecular weight excluding hydrogens is 366 g/mol. The van der Waals surface area contributed by atoms with Crippen LogP contribution in [0.1, 0.15) is 15.9 Å². The number of esters is 1. The number of amides is 1. The molecular formula is C20H23NO7. The van der Waals surface area contributed by atoms with E-state index in [2.05, 4.69) is 10.1 Å². The number of ether oxygens (including phenoxy) is 5. The Bertz CT molecular complexity index is 835. The van der Waals surface area contributed by atoms with Crippen LogP contribution in [0.4, 0.5) is 0 Å². The van der Waals surface area contributed by atoms with Gasteiger partial charge < -0.3 is 29.0 Å². The van der Waals surface area contributed by atoms with Crippen molar-refractivity contribution in [2.75, 3.05) is 35.0 Å². The normalized spacial score (nSPS) is 10.0. The minimum absolute atomic E-state index is 0.207. The molecule has 0 saturated heterocycles. The number of carbonyl (C=O) groups is 2. The van der Waals surface area contributed by atoms with E-state index >= 15 is 0 Å². The van der Waals surface area contributed by atoms with Crippen molar-refractivity contribution in [3.63, 3.8) is 0 Å². The highest BCUT2D eigenvalue weighted by molar-refractivity contribution is 5.90. The first-order valence-electron chi connectivity index (χ1n) is 8.39. The quantitative estimate of drug-likeness (QED) is 0.657. The topological polar surface area (TPSA) is 92.3 Å². The molecule has 8 nitrogen and oxygen atoms in total. The minimum atomic E-state index is -0.488. The van der Waals surface area contributed by atoms with Gasteiger partial charge in [0.2, 0.25) is 0 Å². The van der Waals surface area contributed by atoms with Gasteiger partial charge in [0.25, 0.3) is 5.91 Å². The lowest BCUT2D eigenvalue weighted by molar-refractivity contribution is -0.123. The van der Waals surface area contributed by atoms with Crippen LogP contribution in [0.3, 0.4) is 0 Å². The third-order valence-electron chi connectivity index (χ3n) is 3.88. The van der Waals surface area contributed by atoms with Crippen molar-refractivity contribution in [1.82, 2.24) is 5.32 Å². The number of carbonyl (C=O) groups excluding carboxylic acids is 2. The molecule has 0 aliphatic heterocycles. The molecule has 1 amide bonds. The fourth-order valence-electron chi connectivity index (χ4n) is 2.42. The van der Waals surface area contributed by atoms with Crippen LogP contribution in [0.15, 0.2) is 36.4 Å². The summed E-state index contributed by atoms with van der Waals surface area (Å²) in [6, 6.07) is 9.96. The van der Waals surface area contributed by atoms with Crippen molar-refractivity contribution >= 4 is 11.9 Å². The van der Waals surface area contributed by atoms with Crippen LogP contribution in [0.2, 0.25) is 0 Å². The molecule has 0 spiro atoms. The summed E-state index contributed by atoms with van der Waals surface area (Å²) in [6.07, 6.45) is 0. The van der Waals surface area contributed by atoms with Crippen LogP contribution < -0.4 is 24.3 Å². The van der Waals surface area contributed by atoms with Gasteiger partial charge in [0, 0.05) is 6.54 Å². The molecule has 0 unspecified atom stereocenters. The maximum absolute atomic E-state index is 12.1. The van der Waals surface area contributed by atoms with Gasteiger partial charge in [-0.05, 0) is 35.9 Å². The Morgan fingerprint density at radius 1 is 0.821 bits per heavy atom. The standard InChI is InChI=1S/C20H23NO7/c1-24-15-7-5-13(9-17(15)25-2)11-21-19(22)12-28-16-8-6-14(20(23)27-4)10-18(16)26-3/h5-10H,11-12H2,1-4H3,(H,21,22). The van der Waals surface area contributed by atoms with Gasteiger partial charge in [-0.3, -0.25) is 4.79 Å². The number of benzene rings is 2. The second-order valence-corrected chi connectivity index (χ2v) is 5.61. The first kappa shape index (κ1) is 20.9. The maximum Gasteiger partial charge on any atom is 0.337 e. The van der Waals surface area contributed by atoms with Crippen LogP contribution in [0.5, 0.6) is 23.0 Å². The third kappa shape index (κ3) is 5.29. The van der Waals surface area contributed by atoms with E-state index in [0.29, 0.717) is 35.1 Å². The van der Waals surface area contributed by atoms with Crippen molar-refractivity contribution < 1.29 is 33.3 Å². The SMILES string of the molecule is COC(=O)c1ccc(OCC(=O)NCc2ccc(OC)c(OC)c2)c(OC)c1. The Balaban J connectivity index is 1.93. The van der Waals surface area contributed by atoms with Crippen LogP contribution >= 0.6 is 0 Å². The summed E-state index contributed by atoms with van der Waals surface area (Å²) < 4.78 is 25.8. The maximum atomic E-state index is 12.1. The summed E-state index contributed by atoms with van der Waals surface area (Å²) in [5.74, 6) is 1.07. The van der Waals surface area contributed by atoms with Crippen LogP contribution in [0.25, 0.3) is 0 Å². The molecule has 0 atom stereocenters. The molecule has 1 N–H and O–H groups in total. The molecule has 2 aromatic carbocycles. The average Bonchev–Trinajstić information content (AvgIpc) is 2.75. The number of rotatable bonds is 9. The Labute approximate surface area is 163 Å². The van der Waals surface area contributed by atoms with Crippen molar-refractivity contribution in [1.29, 1.82) is 0 Å². The number of methoxy groups -OCH3 is 4. The number of hydrogen-bond acceptors (Lipinski definition) is 7. The monoisotopic (exact) mass is 389 g/mol. The van der Waals surface area contributed by atoms with Gasteiger partial charge in [-0.2, -0.15) is 0 Å². The lowest BCUT2D eigenvalue weighted by Crippen LogP contribution is -2.28. The summed E-state index contributed by atoms with van der Waals surface area (Å²) in [5.41, 5.74) is 1.18. The first-order valence-corrected chi connectivity index (χ1v) is 8.39. The predicted octanol–water partition coefficient (Wildman–Crippen LogP) is 2.19. The Kier molecular flexibility index (Phi) is 7.50. The van der Waals surface area contributed by atoms with Gasteiger partial charge in [-0.15, -0.1) is 0 Å². The van der Waals surface area contributed by atoms with Crippen molar-refractivity contribution in [3.05, 3.63) is 47.5 Å². The molecule has 2 rings (SSSR count). The summed E-state index contributed by atoms with van der Waals surface area (Å²) in [7, 11) is 5.85. The van der Waals surface area contributed by atoms with E-state index in [1.165, 1.54) is 26.4 Å². The van der Waals surface area contributed by atoms with E-state index in [1.807, 2.05) is 6.07 Å². The molecule has 2 aromatic rings. The lowest BCUT2D eigenvalue weighted by atomic mass is 10.2. The molecule has 0 aliphatic rings. The van der Waals surface area contributed by atoms with Crippen LogP contribution in [0, 0.1) is 0 Å². The predicted molar refractivity (Wildman–Crippen MR) is 101 cm³/mol. The van der Waals surface area contributed by atoms with E-state index in [-0.39, 0.29) is 12.5 Å². The van der Waals surface area contributed by atoms with Gasteiger partial charge in [0.1, 0.15) is 0 Å². The zero-order chi connectivity index (χ0) is 20.5. The minimum Gasteiger partial charge on any atom is -0.493 e. The van der Waals surface area contributed by atoms with Gasteiger partial charge in [-0.25, -0.2) is 4.79 Å². The smallest absolute Gasteiger partial charge is 0.337 e. The Morgan fingerprint density at radius 2 is 1.46 bits per heavy atom. The molecule has 0 saturated carbocycles. The van der Waals surface area contributed by atoms with Gasteiger partial charge in [-0.1, -0.05) is 6.07 Å². The van der Waals surface area contributed by atoms with E-state index in [9.17, 15) is 9.59 Å². The molecule has 0 bridgehead atoms. The lowest BCUT2D eigenvalue weighted by Gasteiger charge is -2.12. The summed E-state index contributed by atoms with van der Waals surface area (Å²) in [5, 5.41) is 2.76. The molecule has 0 aromatic heterocycles. The molecule has 150 valence electrons. The van der Waals surface area contributed by atoms with Gasteiger partial charge in [0.05, 0.1) is 34.0 Å². The van der Waals surface area contributed by atoms with Crippen molar-refractivity contribution in [3.8, 4) is 23.0 Å². The van der Waals surface area contributed by atoms with Crippen LogP contribution in [-0.4, -0.2) is 46.9 Å². The Morgan fingerprint density at radius 3 is 2.11 bits per heavy atom. The van der Waals surface area contributed by atoms with E-state index in [0.717, 1.165) is 5.56 Å². The fourth-order valence-corrected chi connectivity index (χ4v) is 2.42. The molecule has 0 radical (unpaired) electrons. The van der Waals surface area contributed by atoms with E-state index in [1.54, 1.807) is 32.4 Å². The molecule has 0 fully saturated rings. The number of hydrogen-bond donors (Lipinski definition) is 1. The van der Waals surface area contributed by atoms with Crippen LogP contribution in [-0.2, 0) is 16.1 Å². The van der Waals surface area contributed by atoms with E-state index in [4.69, 9.17) is 18.9 Å². The van der Waals surface area contributed by atoms with Gasteiger partial charge in [0.15, 0.2) is 29.6 Å². The Hall–Kier alpha value is -3.42. The zero-order valence-corrected chi connectivity index (χ0v) is 16.2. The first-order chi connectivity index (χ1) is 13.5. The molecule has 0 aliphatic carbocycles. The molecule has 28 heavy (non-hydrogen) atoms. The molecule has 8 heteroatoms. The van der Waals surface area contributed by atoms with Gasteiger partial charge >= 0.3 is 5.97 Å². The second-order valence-electron chi connectivity index (χ2n) is 5.61. The molecule has 0 heterocycles. The number of nitrogens with one attached hydrogen (secondary N) is 1. The largest absolute Gasteiger partial charge is 0.493 e. The second kappa shape index (κ2) is 10.1. The summed E-state index contributed by atoms with van der Waals surface area (Å²) in [4.78, 5) is 23.6. The highest BCUT2D eigenvalue weighted by atomic mass is 16.5.